The molecule has 0 unspecified atom stereocenters. The highest BCUT2D eigenvalue weighted by atomic mass is 16.5. The molecule has 6 nitrogen and oxygen atoms in total. The molecule has 0 radical (unpaired) electrons. The minimum Gasteiger partial charge on any atom is -0.493 e. The lowest BCUT2D eigenvalue weighted by atomic mass is 10.2. The molecule has 0 heterocycles. The van der Waals surface area contributed by atoms with Gasteiger partial charge in [0.1, 0.15) is 0 Å². The van der Waals surface area contributed by atoms with Gasteiger partial charge in [0.25, 0.3) is 0 Å². The molecular weight excluding hydrogens is 368 g/mol. The monoisotopic (exact) mass is 394 g/mol. The summed E-state index contributed by atoms with van der Waals surface area (Å²) >= 11 is 0. The van der Waals surface area contributed by atoms with Gasteiger partial charge in [0.15, 0.2) is 11.5 Å². The summed E-state index contributed by atoms with van der Waals surface area (Å²) in [5.74, 6) is 0.605. The van der Waals surface area contributed by atoms with E-state index in [9.17, 15) is 9.59 Å². The van der Waals surface area contributed by atoms with E-state index in [2.05, 4.69) is 10.6 Å². The van der Waals surface area contributed by atoms with Crippen molar-refractivity contribution in [2.75, 3.05) is 19.0 Å². The fourth-order valence-electron chi connectivity index (χ4n) is 3.20. The van der Waals surface area contributed by atoms with Crippen LogP contribution in [-0.2, 0) is 9.59 Å². The molecular formula is C23H26N2O4. The molecule has 29 heavy (non-hydrogen) atoms. The Morgan fingerprint density at radius 2 is 1.83 bits per heavy atom. The number of nitrogens with one attached hydrogen (secondary N) is 2. The van der Waals surface area contributed by atoms with Gasteiger partial charge in [0.05, 0.1) is 19.8 Å². The molecule has 1 aliphatic rings. The molecule has 2 N–H and O–H groups in total. The van der Waals surface area contributed by atoms with Gasteiger partial charge in [-0.3, -0.25) is 9.59 Å². The normalized spacial score (nSPS) is 14.0. The van der Waals surface area contributed by atoms with Gasteiger partial charge in [0, 0.05) is 17.8 Å². The Morgan fingerprint density at radius 1 is 1.07 bits per heavy atom. The topological polar surface area (TPSA) is 76.7 Å². The summed E-state index contributed by atoms with van der Waals surface area (Å²) in [5, 5.41) is 5.35. The minimum atomic E-state index is -0.330. The van der Waals surface area contributed by atoms with Gasteiger partial charge in [-0.15, -0.1) is 0 Å². The van der Waals surface area contributed by atoms with E-state index < -0.39 is 0 Å². The maximum Gasteiger partial charge on any atom is 0.244 e. The van der Waals surface area contributed by atoms with E-state index in [0.717, 1.165) is 18.4 Å². The van der Waals surface area contributed by atoms with Gasteiger partial charge in [-0.05, 0) is 49.5 Å². The summed E-state index contributed by atoms with van der Waals surface area (Å²) < 4.78 is 11.4. The van der Waals surface area contributed by atoms with Crippen LogP contribution in [-0.4, -0.2) is 31.6 Å². The molecule has 2 amide bonds. The Hall–Kier alpha value is -3.28. The first-order valence-electron chi connectivity index (χ1n) is 9.79. The van der Waals surface area contributed by atoms with Crippen LogP contribution in [0.4, 0.5) is 5.69 Å². The number of anilines is 1. The lowest BCUT2D eigenvalue weighted by Gasteiger charge is -2.17. The van der Waals surface area contributed by atoms with E-state index in [-0.39, 0.29) is 24.5 Å². The van der Waals surface area contributed by atoms with Crippen molar-refractivity contribution in [2.45, 2.75) is 31.8 Å². The van der Waals surface area contributed by atoms with E-state index in [1.54, 1.807) is 31.4 Å². The van der Waals surface area contributed by atoms with Gasteiger partial charge >= 0.3 is 0 Å². The van der Waals surface area contributed by atoms with Crippen LogP contribution in [0.1, 0.15) is 31.2 Å². The Balaban J connectivity index is 1.51. The maximum atomic E-state index is 12.2. The Labute approximate surface area is 170 Å². The minimum absolute atomic E-state index is 0.122. The first kappa shape index (κ1) is 20.5. The maximum absolute atomic E-state index is 12.2. The second-order valence-corrected chi connectivity index (χ2v) is 6.90. The van der Waals surface area contributed by atoms with Crippen molar-refractivity contribution in [1.82, 2.24) is 5.32 Å². The number of benzene rings is 2. The van der Waals surface area contributed by atoms with Crippen molar-refractivity contribution in [2.24, 2.45) is 0 Å². The number of ether oxygens (including phenoxy) is 2. The number of hydrogen-bond acceptors (Lipinski definition) is 4. The molecule has 6 heteroatoms. The predicted molar refractivity (Wildman–Crippen MR) is 113 cm³/mol. The van der Waals surface area contributed by atoms with Crippen molar-refractivity contribution in [3.05, 3.63) is 60.2 Å². The summed E-state index contributed by atoms with van der Waals surface area (Å²) in [4.78, 5) is 24.1. The highest BCUT2D eigenvalue weighted by Gasteiger charge is 2.19. The van der Waals surface area contributed by atoms with Crippen molar-refractivity contribution >= 4 is 23.6 Å². The lowest BCUT2D eigenvalue weighted by molar-refractivity contribution is -0.121. The largest absolute Gasteiger partial charge is 0.493 e. The zero-order chi connectivity index (χ0) is 20.5. The van der Waals surface area contributed by atoms with Crippen molar-refractivity contribution in [3.8, 4) is 11.5 Å². The van der Waals surface area contributed by atoms with Crippen molar-refractivity contribution in [1.29, 1.82) is 0 Å². The number of carbonyl (C=O) groups is 2. The van der Waals surface area contributed by atoms with Crippen LogP contribution in [0.15, 0.2) is 54.6 Å². The zero-order valence-corrected chi connectivity index (χ0v) is 16.5. The molecule has 0 aliphatic heterocycles. The van der Waals surface area contributed by atoms with E-state index in [0.29, 0.717) is 17.2 Å². The third-order valence-corrected chi connectivity index (χ3v) is 4.69. The molecule has 2 aromatic rings. The van der Waals surface area contributed by atoms with Gasteiger partial charge in [-0.25, -0.2) is 0 Å². The molecule has 1 aliphatic carbocycles. The number of hydrogen-bond donors (Lipinski definition) is 2. The molecule has 2 aromatic carbocycles. The average Bonchev–Trinajstić information content (AvgIpc) is 3.25. The SMILES string of the molecule is COc1ccc(NC(=O)CNC(=O)/C=C/c2ccccc2)cc1OC1CCCC1. The summed E-state index contributed by atoms with van der Waals surface area (Å²) in [6, 6.07) is 14.7. The van der Waals surface area contributed by atoms with E-state index in [1.807, 2.05) is 30.3 Å². The van der Waals surface area contributed by atoms with E-state index >= 15 is 0 Å². The second kappa shape index (κ2) is 10.3. The fraction of sp³-hybridized carbons (Fsp3) is 0.304. The molecule has 152 valence electrons. The molecule has 1 fully saturated rings. The third-order valence-electron chi connectivity index (χ3n) is 4.69. The Kier molecular flexibility index (Phi) is 7.28. The average molecular weight is 394 g/mol. The summed E-state index contributed by atoms with van der Waals surface area (Å²) in [6.07, 6.45) is 7.69. The van der Waals surface area contributed by atoms with Crippen LogP contribution in [0.3, 0.4) is 0 Å². The number of carbonyl (C=O) groups excluding carboxylic acids is 2. The molecule has 0 saturated heterocycles. The number of methoxy groups -OCH3 is 1. The number of amides is 2. The smallest absolute Gasteiger partial charge is 0.244 e. The Morgan fingerprint density at radius 3 is 2.55 bits per heavy atom. The van der Waals surface area contributed by atoms with Gasteiger partial charge in [-0.1, -0.05) is 30.3 Å². The van der Waals surface area contributed by atoms with Crippen molar-refractivity contribution < 1.29 is 19.1 Å². The molecule has 0 spiro atoms. The van der Waals surface area contributed by atoms with Crippen LogP contribution in [0.25, 0.3) is 6.08 Å². The summed E-state index contributed by atoms with van der Waals surface area (Å²) in [7, 11) is 1.59. The highest BCUT2D eigenvalue weighted by Crippen LogP contribution is 2.33. The summed E-state index contributed by atoms with van der Waals surface area (Å²) in [6.45, 7) is -0.122. The van der Waals surface area contributed by atoms with Crippen molar-refractivity contribution in [3.63, 3.8) is 0 Å². The fourth-order valence-corrected chi connectivity index (χ4v) is 3.20. The Bertz CT molecular complexity index is 858. The molecule has 0 aromatic heterocycles. The zero-order valence-electron chi connectivity index (χ0n) is 16.5. The highest BCUT2D eigenvalue weighted by molar-refractivity contribution is 5.98. The predicted octanol–water partition coefficient (Wildman–Crippen LogP) is 3.78. The number of rotatable bonds is 8. The summed E-state index contributed by atoms with van der Waals surface area (Å²) in [5.41, 5.74) is 1.51. The van der Waals surface area contributed by atoms with E-state index in [4.69, 9.17) is 9.47 Å². The lowest BCUT2D eigenvalue weighted by Crippen LogP contribution is -2.31. The third kappa shape index (κ3) is 6.38. The van der Waals surface area contributed by atoms with Crippen LogP contribution < -0.4 is 20.1 Å². The molecule has 0 bridgehead atoms. The first-order valence-corrected chi connectivity index (χ1v) is 9.79. The molecule has 3 rings (SSSR count). The van der Waals surface area contributed by atoms with Crippen LogP contribution in [0.5, 0.6) is 11.5 Å². The molecule has 0 atom stereocenters. The van der Waals surface area contributed by atoms with Crippen LogP contribution in [0, 0.1) is 0 Å². The van der Waals surface area contributed by atoms with Crippen LogP contribution in [0.2, 0.25) is 0 Å². The quantitative estimate of drug-likeness (QED) is 0.668. The van der Waals surface area contributed by atoms with Gasteiger partial charge in [0.2, 0.25) is 11.8 Å². The first-order chi connectivity index (χ1) is 14.1. The second-order valence-electron chi connectivity index (χ2n) is 6.90. The molecule has 1 saturated carbocycles. The van der Waals surface area contributed by atoms with Crippen LogP contribution >= 0.6 is 0 Å². The van der Waals surface area contributed by atoms with Gasteiger partial charge < -0.3 is 20.1 Å². The van der Waals surface area contributed by atoms with E-state index in [1.165, 1.54) is 18.9 Å². The standard InChI is InChI=1S/C23H26N2O4/c1-28-20-13-12-18(15-21(20)29-19-9-5-6-10-19)25-23(27)16-24-22(26)14-11-17-7-3-2-4-8-17/h2-4,7-8,11-15,19H,5-6,9-10,16H2,1H3,(H,24,26)(H,25,27)/b14-11+. The van der Waals surface area contributed by atoms with Gasteiger partial charge in [-0.2, -0.15) is 0 Å².